The van der Waals surface area contributed by atoms with Crippen LogP contribution in [0.15, 0.2) is 65.1 Å². The van der Waals surface area contributed by atoms with Gasteiger partial charge in [-0.3, -0.25) is 4.79 Å². The molecule has 3 aromatic rings. The van der Waals surface area contributed by atoms with Crippen molar-refractivity contribution >= 4 is 23.5 Å². The van der Waals surface area contributed by atoms with Gasteiger partial charge in [0.05, 0.1) is 20.4 Å². The number of rotatable bonds is 8. The Bertz CT molecular complexity index is 938. The number of ether oxygens (including phenoxy) is 3. The number of hydrazone groups is 1. The molecular weight excluding hydrogens is 376 g/mol. The van der Waals surface area contributed by atoms with Gasteiger partial charge < -0.3 is 14.2 Å². The predicted octanol–water partition coefficient (Wildman–Crippen LogP) is 4.11. The number of nitrogens with zero attached hydrogens (tertiary/aromatic N) is 1. The maximum atomic E-state index is 12.1. The Balaban J connectivity index is 1.60. The number of carbonyl (C=O) groups is 1. The third kappa shape index (κ3) is 5.11. The second-order valence-electron chi connectivity index (χ2n) is 5.71. The molecule has 0 spiro atoms. The van der Waals surface area contributed by atoms with Gasteiger partial charge in [0.1, 0.15) is 12.4 Å². The minimum absolute atomic E-state index is 0.304. The Kier molecular flexibility index (Phi) is 6.64. The first kappa shape index (κ1) is 19.4. The number of benzene rings is 2. The molecule has 7 heteroatoms. The maximum Gasteiger partial charge on any atom is 0.271 e. The maximum absolute atomic E-state index is 12.1. The molecule has 0 aliphatic rings. The molecule has 0 bridgehead atoms. The van der Waals surface area contributed by atoms with Gasteiger partial charge in [0, 0.05) is 10.4 Å². The minimum atomic E-state index is -0.304. The summed E-state index contributed by atoms with van der Waals surface area (Å²) in [6.07, 6.45) is 1.55. The average molecular weight is 396 g/mol. The number of carbonyl (C=O) groups excluding carboxylic acids is 1. The molecule has 144 valence electrons. The molecule has 1 N–H and O–H groups in total. The first-order valence-electron chi connectivity index (χ1n) is 8.50. The quantitative estimate of drug-likeness (QED) is 0.460. The van der Waals surface area contributed by atoms with Gasteiger partial charge in [-0.1, -0.05) is 6.07 Å². The Morgan fingerprint density at radius 2 is 1.89 bits per heavy atom. The Labute approximate surface area is 167 Å². The third-order valence-corrected chi connectivity index (χ3v) is 4.72. The van der Waals surface area contributed by atoms with Crippen molar-refractivity contribution in [2.75, 3.05) is 14.2 Å². The molecule has 0 atom stereocenters. The number of methoxy groups -OCH3 is 2. The summed E-state index contributed by atoms with van der Waals surface area (Å²) in [5, 5.41) is 6.01. The molecule has 0 saturated carbocycles. The van der Waals surface area contributed by atoms with Crippen molar-refractivity contribution in [3.05, 3.63) is 76.0 Å². The van der Waals surface area contributed by atoms with Crippen molar-refractivity contribution in [3.63, 3.8) is 0 Å². The van der Waals surface area contributed by atoms with E-state index in [-0.39, 0.29) is 5.91 Å². The van der Waals surface area contributed by atoms with Crippen molar-refractivity contribution in [2.24, 2.45) is 5.10 Å². The number of amides is 1. The van der Waals surface area contributed by atoms with Crippen LogP contribution in [0.5, 0.6) is 17.2 Å². The van der Waals surface area contributed by atoms with E-state index in [1.54, 1.807) is 62.1 Å². The molecule has 1 heterocycles. The smallest absolute Gasteiger partial charge is 0.271 e. The fourth-order valence-corrected chi connectivity index (χ4v) is 3.02. The lowest BCUT2D eigenvalue weighted by molar-refractivity contribution is 0.0955. The fraction of sp³-hybridized carbons (Fsp3) is 0.143. The molecule has 0 unspecified atom stereocenters. The Morgan fingerprint density at radius 3 is 2.57 bits per heavy atom. The topological polar surface area (TPSA) is 69.2 Å². The minimum Gasteiger partial charge on any atom is -0.497 e. The SMILES string of the molecule is COc1ccc(C(=O)N/N=C\c2ccc(OCc3cccs3)c(OC)c2)cc1. The highest BCUT2D eigenvalue weighted by Crippen LogP contribution is 2.28. The van der Waals surface area contributed by atoms with Gasteiger partial charge in [0.25, 0.3) is 5.91 Å². The molecule has 3 rings (SSSR count). The van der Waals surface area contributed by atoms with E-state index in [9.17, 15) is 4.79 Å². The van der Waals surface area contributed by atoms with E-state index in [1.807, 2.05) is 29.6 Å². The number of hydrogen-bond acceptors (Lipinski definition) is 6. The zero-order valence-corrected chi connectivity index (χ0v) is 16.4. The van der Waals surface area contributed by atoms with Gasteiger partial charge in [-0.2, -0.15) is 5.10 Å². The largest absolute Gasteiger partial charge is 0.497 e. The van der Waals surface area contributed by atoms with E-state index in [0.717, 1.165) is 10.4 Å². The molecule has 0 aliphatic heterocycles. The molecule has 0 radical (unpaired) electrons. The van der Waals surface area contributed by atoms with Crippen molar-refractivity contribution in [2.45, 2.75) is 6.61 Å². The van der Waals surface area contributed by atoms with E-state index in [4.69, 9.17) is 14.2 Å². The summed E-state index contributed by atoms with van der Waals surface area (Å²) in [4.78, 5) is 13.2. The highest BCUT2D eigenvalue weighted by Gasteiger charge is 2.07. The summed E-state index contributed by atoms with van der Waals surface area (Å²) in [5.74, 6) is 1.63. The van der Waals surface area contributed by atoms with E-state index in [1.165, 1.54) is 0 Å². The van der Waals surface area contributed by atoms with Crippen LogP contribution in [-0.2, 0) is 6.61 Å². The first-order valence-corrected chi connectivity index (χ1v) is 9.38. The third-order valence-electron chi connectivity index (χ3n) is 3.87. The van der Waals surface area contributed by atoms with Crippen LogP contribution in [0.1, 0.15) is 20.8 Å². The van der Waals surface area contributed by atoms with Crippen LogP contribution in [0.2, 0.25) is 0 Å². The van der Waals surface area contributed by atoms with E-state index in [0.29, 0.717) is 29.4 Å². The average Bonchev–Trinajstić information content (AvgIpc) is 3.26. The van der Waals surface area contributed by atoms with Crippen LogP contribution in [0.3, 0.4) is 0 Å². The van der Waals surface area contributed by atoms with Crippen LogP contribution < -0.4 is 19.6 Å². The molecule has 1 amide bonds. The second kappa shape index (κ2) is 9.57. The number of hydrogen-bond donors (Lipinski definition) is 1. The van der Waals surface area contributed by atoms with Crippen LogP contribution in [0.25, 0.3) is 0 Å². The first-order chi connectivity index (χ1) is 13.7. The van der Waals surface area contributed by atoms with E-state index < -0.39 is 0 Å². The Morgan fingerprint density at radius 1 is 1.07 bits per heavy atom. The summed E-state index contributed by atoms with van der Waals surface area (Å²) >= 11 is 1.64. The standard InChI is InChI=1S/C21H20N2O4S/c1-25-17-8-6-16(7-9-17)21(24)23-22-13-15-5-10-19(20(12-15)26-2)27-14-18-4-3-11-28-18/h3-13H,14H2,1-2H3,(H,23,24)/b22-13-. The zero-order chi connectivity index (χ0) is 19.8. The van der Waals surface area contributed by atoms with Crippen molar-refractivity contribution in [1.82, 2.24) is 5.43 Å². The molecule has 6 nitrogen and oxygen atoms in total. The molecule has 1 aromatic heterocycles. The van der Waals surface area contributed by atoms with Crippen LogP contribution in [0.4, 0.5) is 0 Å². The summed E-state index contributed by atoms with van der Waals surface area (Å²) in [7, 11) is 3.16. The van der Waals surface area contributed by atoms with Crippen molar-refractivity contribution < 1.29 is 19.0 Å². The summed E-state index contributed by atoms with van der Waals surface area (Å²) in [6.45, 7) is 0.485. The second-order valence-corrected chi connectivity index (χ2v) is 6.74. The van der Waals surface area contributed by atoms with Crippen LogP contribution >= 0.6 is 11.3 Å². The summed E-state index contributed by atoms with van der Waals surface area (Å²) in [6, 6.07) is 16.3. The number of thiophene rings is 1. The van der Waals surface area contributed by atoms with Crippen LogP contribution in [-0.4, -0.2) is 26.3 Å². The lowest BCUT2D eigenvalue weighted by Crippen LogP contribution is -2.17. The van der Waals surface area contributed by atoms with Gasteiger partial charge >= 0.3 is 0 Å². The van der Waals surface area contributed by atoms with Gasteiger partial charge in [-0.15, -0.1) is 11.3 Å². The summed E-state index contributed by atoms with van der Waals surface area (Å²) in [5.41, 5.74) is 3.77. The number of nitrogens with one attached hydrogen (secondary N) is 1. The Hall–Kier alpha value is -3.32. The van der Waals surface area contributed by atoms with Gasteiger partial charge in [-0.05, 0) is 59.5 Å². The molecular formula is C21H20N2O4S. The highest BCUT2D eigenvalue weighted by molar-refractivity contribution is 7.09. The van der Waals surface area contributed by atoms with Crippen molar-refractivity contribution in [3.8, 4) is 17.2 Å². The highest BCUT2D eigenvalue weighted by atomic mass is 32.1. The van der Waals surface area contributed by atoms with E-state index in [2.05, 4.69) is 10.5 Å². The zero-order valence-electron chi connectivity index (χ0n) is 15.5. The van der Waals surface area contributed by atoms with Gasteiger partial charge in [0.15, 0.2) is 11.5 Å². The van der Waals surface area contributed by atoms with E-state index >= 15 is 0 Å². The molecule has 28 heavy (non-hydrogen) atoms. The van der Waals surface area contributed by atoms with Gasteiger partial charge in [0.2, 0.25) is 0 Å². The summed E-state index contributed by atoms with van der Waals surface area (Å²) < 4.78 is 16.3. The molecule has 0 aliphatic carbocycles. The van der Waals surface area contributed by atoms with Crippen molar-refractivity contribution in [1.29, 1.82) is 0 Å². The van der Waals surface area contributed by atoms with Crippen LogP contribution in [0, 0.1) is 0 Å². The molecule has 2 aromatic carbocycles. The molecule has 0 fully saturated rings. The predicted molar refractivity (Wildman–Crippen MR) is 110 cm³/mol. The lowest BCUT2D eigenvalue weighted by Gasteiger charge is -2.10. The molecule has 0 saturated heterocycles. The monoisotopic (exact) mass is 396 g/mol. The van der Waals surface area contributed by atoms with Gasteiger partial charge in [-0.25, -0.2) is 5.43 Å². The fourth-order valence-electron chi connectivity index (χ4n) is 2.40. The lowest BCUT2D eigenvalue weighted by atomic mass is 10.2. The normalized spacial score (nSPS) is 10.6.